The summed E-state index contributed by atoms with van der Waals surface area (Å²) in [6.45, 7) is 1.55. The zero-order valence-corrected chi connectivity index (χ0v) is 15.0. The minimum absolute atomic E-state index is 0.0190. The third kappa shape index (κ3) is 2.99. The average Bonchev–Trinajstić information content (AvgIpc) is 2.86. The lowest BCUT2D eigenvalue weighted by Gasteiger charge is -2.07. The Hall–Kier alpha value is -3.00. The predicted octanol–water partition coefficient (Wildman–Crippen LogP) is 1.96. The number of benzene rings is 2. The summed E-state index contributed by atoms with van der Waals surface area (Å²) in [5.41, 5.74) is 1.18. The van der Waals surface area contributed by atoms with E-state index in [2.05, 4.69) is 5.32 Å². The summed E-state index contributed by atoms with van der Waals surface area (Å²) in [6, 6.07) is 10.1. The Kier molecular flexibility index (Phi) is 4.37. The fourth-order valence-corrected chi connectivity index (χ4v) is 3.51. The van der Waals surface area contributed by atoms with Gasteiger partial charge in [-0.05, 0) is 42.5 Å². The number of sulfone groups is 1. The van der Waals surface area contributed by atoms with E-state index in [1.54, 1.807) is 6.92 Å². The number of rotatable bonds is 4. The molecule has 2 aromatic carbocycles. The minimum atomic E-state index is -3.33. The molecule has 0 aliphatic carbocycles. The van der Waals surface area contributed by atoms with Crippen molar-refractivity contribution in [3.05, 3.63) is 59.2 Å². The standard InChI is InChI=1S/C18H16N2O5S/c1-3-26(24,25)13-7-4-11(5-8-13)16(21)19-12-6-9-14-15(10-12)18(23)20(2)17(14)22/h4-10H,3H2,1-2H3,(H,19,21). The van der Waals surface area contributed by atoms with Crippen molar-refractivity contribution in [2.24, 2.45) is 0 Å². The van der Waals surface area contributed by atoms with Gasteiger partial charge in [-0.1, -0.05) is 6.92 Å². The molecule has 7 nitrogen and oxygen atoms in total. The van der Waals surface area contributed by atoms with Gasteiger partial charge < -0.3 is 5.32 Å². The molecule has 26 heavy (non-hydrogen) atoms. The Bertz CT molecular complexity index is 1030. The van der Waals surface area contributed by atoms with Gasteiger partial charge in [0.05, 0.1) is 21.8 Å². The lowest BCUT2D eigenvalue weighted by atomic mass is 10.1. The Morgan fingerprint density at radius 3 is 2.23 bits per heavy atom. The molecule has 1 heterocycles. The van der Waals surface area contributed by atoms with Gasteiger partial charge in [0.2, 0.25) is 0 Å². The van der Waals surface area contributed by atoms with Crippen molar-refractivity contribution >= 4 is 33.2 Å². The lowest BCUT2D eigenvalue weighted by Crippen LogP contribution is -2.24. The first-order valence-electron chi connectivity index (χ1n) is 7.85. The van der Waals surface area contributed by atoms with E-state index in [4.69, 9.17) is 0 Å². The molecule has 0 radical (unpaired) electrons. The van der Waals surface area contributed by atoms with Crippen LogP contribution in [0.3, 0.4) is 0 Å². The molecular weight excluding hydrogens is 356 g/mol. The molecule has 3 amide bonds. The first-order valence-corrected chi connectivity index (χ1v) is 9.50. The van der Waals surface area contributed by atoms with E-state index in [9.17, 15) is 22.8 Å². The molecule has 1 N–H and O–H groups in total. The SMILES string of the molecule is CCS(=O)(=O)c1ccc(C(=O)Nc2ccc3c(c2)C(=O)N(C)C3=O)cc1. The highest BCUT2D eigenvalue weighted by Gasteiger charge is 2.32. The van der Waals surface area contributed by atoms with E-state index in [1.165, 1.54) is 49.5 Å². The van der Waals surface area contributed by atoms with Gasteiger partial charge in [-0.15, -0.1) is 0 Å². The van der Waals surface area contributed by atoms with Crippen molar-refractivity contribution < 1.29 is 22.8 Å². The quantitative estimate of drug-likeness (QED) is 0.827. The number of hydrogen-bond donors (Lipinski definition) is 1. The van der Waals surface area contributed by atoms with Crippen molar-refractivity contribution in [3.63, 3.8) is 0 Å². The van der Waals surface area contributed by atoms with Gasteiger partial charge in [0.1, 0.15) is 0 Å². The number of carbonyl (C=O) groups excluding carboxylic acids is 3. The monoisotopic (exact) mass is 372 g/mol. The van der Waals surface area contributed by atoms with E-state index >= 15 is 0 Å². The van der Waals surface area contributed by atoms with Gasteiger partial charge in [0.25, 0.3) is 17.7 Å². The van der Waals surface area contributed by atoms with Crippen LogP contribution in [0.2, 0.25) is 0 Å². The molecule has 1 aliphatic heterocycles. The highest BCUT2D eigenvalue weighted by Crippen LogP contribution is 2.25. The average molecular weight is 372 g/mol. The third-order valence-electron chi connectivity index (χ3n) is 4.20. The third-order valence-corrected chi connectivity index (χ3v) is 5.95. The molecule has 0 fully saturated rings. The second-order valence-electron chi connectivity index (χ2n) is 5.81. The molecule has 0 saturated heterocycles. The maximum atomic E-state index is 12.3. The second-order valence-corrected chi connectivity index (χ2v) is 8.09. The molecule has 0 spiro atoms. The van der Waals surface area contributed by atoms with Gasteiger partial charge in [-0.2, -0.15) is 0 Å². The number of anilines is 1. The number of nitrogens with one attached hydrogen (secondary N) is 1. The first-order chi connectivity index (χ1) is 12.2. The Labute approximate surface area is 150 Å². The van der Waals surface area contributed by atoms with Crippen LogP contribution in [0.25, 0.3) is 0 Å². The minimum Gasteiger partial charge on any atom is -0.322 e. The van der Waals surface area contributed by atoms with Crippen LogP contribution in [-0.2, 0) is 9.84 Å². The molecule has 0 unspecified atom stereocenters. The number of carbonyl (C=O) groups is 3. The highest BCUT2D eigenvalue weighted by atomic mass is 32.2. The topological polar surface area (TPSA) is 101 Å². The molecule has 1 aliphatic rings. The van der Waals surface area contributed by atoms with Crippen LogP contribution in [-0.4, -0.2) is 43.8 Å². The van der Waals surface area contributed by atoms with Crippen LogP contribution in [0.15, 0.2) is 47.4 Å². The summed E-state index contributed by atoms with van der Waals surface area (Å²) < 4.78 is 23.6. The normalized spacial score (nSPS) is 13.7. The van der Waals surface area contributed by atoms with Gasteiger partial charge >= 0.3 is 0 Å². The van der Waals surface area contributed by atoms with Crippen molar-refractivity contribution in [2.45, 2.75) is 11.8 Å². The van der Waals surface area contributed by atoms with Gasteiger partial charge in [0, 0.05) is 18.3 Å². The van der Waals surface area contributed by atoms with Crippen LogP contribution in [0.5, 0.6) is 0 Å². The summed E-state index contributed by atoms with van der Waals surface area (Å²) in [5.74, 6) is -1.27. The number of nitrogens with zero attached hydrogens (tertiary/aromatic N) is 1. The fourth-order valence-electron chi connectivity index (χ4n) is 2.62. The number of hydrogen-bond acceptors (Lipinski definition) is 5. The molecule has 0 bridgehead atoms. The Morgan fingerprint density at radius 2 is 1.62 bits per heavy atom. The highest BCUT2D eigenvalue weighted by molar-refractivity contribution is 7.91. The van der Waals surface area contributed by atoms with Crippen LogP contribution < -0.4 is 5.32 Å². The maximum absolute atomic E-state index is 12.3. The summed E-state index contributed by atoms with van der Waals surface area (Å²) >= 11 is 0. The molecule has 0 saturated carbocycles. The molecule has 3 rings (SSSR count). The molecule has 2 aromatic rings. The molecule has 8 heteroatoms. The lowest BCUT2D eigenvalue weighted by molar-refractivity contribution is 0.0692. The Morgan fingerprint density at radius 1 is 1.00 bits per heavy atom. The summed E-state index contributed by atoms with van der Waals surface area (Å²) in [5, 5.41) is 2.64. The summed E-state index contributed by atoms with van der Waals surface area (Å²) in [6.07, 6.45) is 0. The Balaban J connectivity index is 1.81. The van der Waals surface area contributed by atoms with Crippen molar-refractivity contribution in [3.8, 4) is 0 Å². The smallest absolute Gasteiger partial charge is 0.261 e. The van der Waals surface area contributed by atoms with Gasteiger partial charge in [-0.3, -0.25) is 19.3 Å². The van der Waals surface area contributed by atoms with Gasteiger partial charge in [0.15, 0.2) is 9.84 Å². The summed E-state index contributed by atoms with van der Waals surface area (Å²) in [7, 11) is -1.93. The van der Waals surface area contributed by atoms with Crippen LogP contribution in [0.4, 0.5) is 5.69 Å². The molecule has 0 aromatic heterocycles. The molecule has 0 atom stereocenters. The van der Waals surface area contributed by atoms with E-state index in [0.717, 1.165) is 4.90 Å². The van der Waals surface area contributed by atoms with E-state index in [0.29, 0.717) is 11.3 Å². The van der Waals surface area contributed by atoms with E-state index in [1.807, 2.05) is 0 Å². The predicted molar refractivity (Wildman–Crippen MR) is 95.0 cm³/mol. The van der Waals surface area contributed by atoms with Crippen molar-refractivity contribution in [1.82, 2.24) is 4.90 Å². The number of amides is 3. The van der Waals surface area contributed by atoms with E-state index < -0.39 is 21.7 Å². The number of imide groups is 1. The number of fused-ring (bicyclic) bond motifs is 1. The summed E-state index contributed by atoms with van der Waals surface area (Å²) in [4.78, 5) is 37.4. The van der Waals surface area contributed by atoms with Gasteiger partial charge in [-0.25, -0.2) is 8.42 Å². The maximum Gasteiger partial charge on any atom is 0.261 e. The van der Waals surface area contributed by atoms with Crippen molar-refractivity contribution in [2.75, 3.05) is 18.1 Å². The molecular formula is C18H16N2O5S. The van der Waals surface area contributed by atoms with Crippen LogP contribution in [0.1, 0.15) is 38.0 Å². The first kappa shape index (κ1) is 17.8. The van der Waals surface area contributed by atoms with Crippen LogP contribution >= 0.6 is 0 Å². The van der Waals surface area contributed by atoms with Crippen LogP contribution in [0, 0.1) is 0 Å². The van der Waals surface area contributed by atoms with E-state index in [-0.39, 0.29) is 27.7 Å². The fraction of sp³-hybridized carbons (Fsp3) is 0.167. The van der Waals surface area contributed by atoms with Crippen molar-refractivity contribution in [1.29, 1.82) is 0 Å². The second kappa shape index (κ2) is 6.38. The zero-order chi connectivity index (χ0) is 19.1. The molecule has 134 valence electrons. The zero-order valence-electron chi connectivity index (χ0n) is 14.1. The largest absolute Gasteiger partial charge is 0.322 e.